The SMILES string of the molecule is Cc1cc([NH3+])c(C)c(C)c1Cl.O=C([O-])C(Br)(Br)Br. The van der Waals surface area contributed by atoms with Crippen LogP contribution in [0.4, 0.5) is 5.69 Å². The Morgan fingerprint density at radius 2 is 1.67 bits per heavy atom. The molecule has 0 aromatic heterocycles. The van der Waals surface area contributed by atoms with Gasteiger partial charge in [-0.05, 0) is 31.9 Å². The molecule has 0 unspecified atom stereocenters. The Bertz CT molecular complexity index is 432. The van der Waals surface area contributed by atoms with E-state index < -0.39 is 8.11 Å². The number of benzene rings is 1. The van der Waals surface area contributed by atoms with E-state index in [-0.39, 0.29) is 0 Å². The third-order valence-corrected chi connectivity index (χ3v) is 3.89. The van der Waals surface area contributed by atoms with Gasteiger partial charge in [-0.1, -0.05) is 59.4 Å². The molecule has 7 heteroatoms. The summed E-state index contributed by atoms with van der Waals surface area (Å²) in [5, 5.41) is 10.6. The molecule has 0 aliphatic carbocycles. The molecule has 1 aromatic carbocycles. The molecule has 3 N–H and O–H groups in total. The van der Waals surface area contributed by atoms with Gasteiger partial charge in [0.25, 0.3) is 0 Å². The van der Waals surface area contributed by atoms with Gasteiger partial charge in [0.1, 0.15) is 5.69 Å². The minimum absolute atomic E-state index is 0.870. The maximum atomic E-state index is 9.77. The second kappa shape index (κ2) is 7.24. The molecule has 0 amide bonds. The number of hydrogen-bond donors (Lipinski definition) is 1. The topological polar surface area (TPSA) is 67.8 Å². The number of hydrogen-bond acceptors (Lipinski definition) is 2. The Morgan fingerprint density at radius 3 is 2.00 bits per heavy atom. The number of alkyl halides is 3. The van der Waals surface area contributed by atoms with E-state index in [1.54, 1.807) is 0 Å². The monoisotopic (exact) mass is 463 g/mol. The fourth-order valence-corrected chi connectivity index (χ4v) is 1.33. The molecule has 1 rings (SSSR count). The second-order valence-electron chi connectivity index (χ2n) is 3.70. The van der Waals surface area contributed by atoms with Crippen LogP contribution in [0.1, 0.15) is 16.7 Å². The van der Waals surface area contributed by atoms with E-state index in [9.17, 15) is 9.90 Å². The van der Waals surface area contributed by atoms with Gasteiger partial charge < -0.3 is 15.6 Å². The molecule has 0 aliphatic rings. The fourth-order valence-electron chi connectivity index (χ4n) is 1.13. The molecule has 0 aliphatic heterocycles. The lowest BCUT2D eigenvalue weighted by Crippen LogP contribution is -2.41. The summed E-state index contributed by atoms with van der Waals surface area (Å²) in [6.45, 7) is 6.08. The Hall–Kier alpha value is 0.380. The highest BCUT2D eigenvalue weighted by atomic mass is 80.0. The minimum Gasteiger partial charge on any atom is -0.547 e. The molecule has 0 radical (unpaired) electrons. The van der Waals surface area contributed by atoms with Gasteiger partial charge in [0, 0.05) is 16.7 Å². The molecule has 0 spiro atoms. The summed E-state index contributed by atoms with van der Waals surface area (Å²) in [5.74, 6) is -1.26. The number of halogens is 4. The van der Waals surface area contributed by atoms with Crippen LogP contribution in [-0.4, -0.2) is 8.11 Å². The first kappa shape index (κ1) is 18.4. The molecular formula is C11H13Br3ClNO2. The Kier molecular flexibility index (Phi) is 7.39. The highest BCUT2D eigenvalue weighted by Crippen LogP contribution is 2.32. The predicted molar refractivity (Wildman–Crippen MR) is 82.7 cm³/mol. The van der Waals surface area contributed by atoms with Crippen LogP contribution in [0, 0.1) is 20.8 Å². The summed E-state index contributed by atoms with van der Waals surface area (Å²) in [4.78, 5) is 9.77. The second-order valence-corrected chi connectivity index (χ2v) is 10.8. The molecule has 102 valence electrons. The van der Waals surface area contributed by atoms with Gasteiger partial charge in [0.05, 0.1) is 5.97 Å². The van der Waals surface area contributed by atoms with Crippen LogP contribution in [0.3, 0.4) is 0 Å². The normalized spacial score (nSPS) is 10.7. The Balaban J connectivity index is 0.000000360. The summed E-state index contributed by atoms with van der Waals surface area (Å²) in [6, 6.07) is 2.02. The zero-order valence-corrected chi connectivity index (χ0v) is 15.6. The van der Waals surface area contributed by atoms with E-state index in [0.29, 0.717) is 0 Å². The first-order valence-electron chi connectivity index (χ1n) is 4.85. The molecule has 0 saturated heterocycles. The van der Waals surface area contributed by atoms with E-state index >= 15 is 0 Å². The fraction of sp³-hybridized carbons (Fsp3) is 0.364. The van der Waals surface area contributed by atoms with Crippen molar-refractivity contribution in [2.75, 3.05) is 0 Å². The van der Waals surface area contributed by atoms with Crippen molar-refractivity contribution >= 4 is 71.0 Å². The lowest BCUT2D eigenvalue weighted by Gasteiger charge is -2.10. The molecule has 0 fully saturated rings. The quantitative estimate of drug-likeness (QED) is 0.598. The Morgan fingerprint density at radius 1 is 1.28 bits per heavy atom. The summed E-state index contributed by atoms with van der Waals surface area (Å²) in [7, 11) is 0. The third kappa shape index (κ3) is 5.57. The highest BCUT2D eigenvalue weighted by molar-refractivity contribution is 9.40. The van der Waals surface area contributed by atoms with Crippen molar-refractivity contribution in [1.29, 1.82) is 0 Å². The highest BCUT2D eigenvalue weighted by Gasteiger charge is 2.17. The van der Waals surface area contributed by atoms with Crippen molar-refractivity contribution < 1.29 is 15.6 Å². The molecule has 18 heavy (non-hydrogen) atoms. The van der Waals surface area contributed by atoms with E-state index in [2.05, 4.69) is 53.5 Å². The summed E-state index contributed by atoms with van der Waals surface area (Å²) >= 11 is 14.2. The number of carbonyl (C=O) groups excluding carboxylic acids is 1. The van der Waals surface area contributed by atoms with Crippen LogP contribution in [0.5, 0.6) is 0 Å². The van der Waals surface area contributed by atoms with Crippen LogP contribution in [0.25, 0.3) is 0 Å². The van der Waals surface area contributed by atoms with Gasteiger partial charge in [-0.3, -0.25) is 0 Å². The van der Waals surface area contributed by atoms with E-state index in [4.69, 9.17) is 11.6 Å². The zero-order chi connectivity index (χ0) is 14.7. The lowest BCUT2D eigenvalue weighted by atomic mass is 10.0. The van der Waals surface area contributed by atoms with Crippen molar-refractivity contribution in [3.63, 3.8) is 0 Å². The third-order valence-electron chi connectivity index (χ3n) is 2.34. The maximum absolute atomic E-state index is 9.77. The molecular weight excluding hydrogens is 453 g/mol. The van der Waals surface area contributed by atoms with Gasteiger partial charge in [-0.2, -0.15) is 0 Å². The smallest absolute Gasteiger partial charge is 0.173 e. The van der Waals surface area contributed by atoms with Crippen molar-refractivity contribution in [1.82, 2.24) is 0 Å². The zero-order valence-electron chi connectivity index (χ0n) is 10.1. The van der Waals surface area contributed by atoms with Crippen LogP contribution in [-0.2, 0) is 4.79 Å². The summed E-state index contributed by atoms with van der Waals surface area (Å²) in [5.41, 5.74) is 8.45. The molecule has 3 nitrogen and oxygen atoms in total. The average molecular weight is 466 g/mol. The number of carboxylic acids is 1. The van der Waals surface area contributed by atoms with Gasteiger partial charge in [0.15, 0.2) is 2.14 Å². The number of carboxylic acid groups (broad SMARTS) is 1. The molecule has 0 atom stereocenters. The number of carbonyl (C=O) groups is 1. The lowest BCUT2D eigenvalue weighted by molar-refractivity contribution is -0.303. The Labute approximate surface area is 136 Å². The van der Waals surface area contributed by atoms with Crippen molar-refractivity contribution in [2.45, 2.75) is 22.9 Å². The van der Waals surface area contributed by atoms with Crippen LogP contribution < -0.4 is 10.8 Å². The van der Waals surface area contributed by atoms with Gasteiger partial charge >= 0.3 is 0 Å². The summed E-state index contributed by atoms with van der Waals surface area (Å²) in [6.07, 6.45) is 0. The van der Waals surface area contributed by atoms with Crippen molar-refractivity contribution in [2.24, 2.45) is 0 Å². The van der Waals surface area contributed by atoms with Gasteiger partial charge in [0.2, 0.25) is 0 Å². The predicted octanol–water partition coefficient (Wildman–Crippen LogP) is 2.71. The molecule has 1 aromatic rings. The average Bonchev–Trinajstić information content (AvgIpc) is 2.23. The number of rotatable bonds is 0. The first-order valence-corrected chi connectivity index (χ1v) is 7.60. The summed E-state index contributed by atoms with van der Waals surface area (Å²) < 4.78 is -1.26. The van der Waals surface area contributed by atoms with Crippen LogP contribution >= 0.6 is 59.4 Å². The van der Waals surface area contributed by atoms with Crippen molar-refractivity contribution in [3.05, 3.63) is 27.8 Å². The van der Waals surface area contributed by atoms with Crippen molar-refractivity contribution in [3.8, 4) is 0 Å². The largest absolute Gasteiger partial charge is 0.547 e. The molecule has 0 saturated carbocycles. The standard InChI is InChI=1S/C9H12ClN.C2HBr3O2/c1-5-4-8(11)6(2)7(3)9(5)10;3-2(4,5)1(6)7/h4H,11H2,1-3H3;(H,6,7). The van der Waals surface area contributed by atoms with Crippen LogP contribution in [0.2, 0.25) is 5.02 Å². The van der Waals surface area contributed by atoms with E-state index in [1.807, 2.05) is 26.8 Å². The minimum atomic E-state index is -1.26. The maximum Gasteiger partial charge on any atom is 0.173 e. The number of aryl methyl sites for hydroxylation is 1. The number of aliphatic carboxylic acids is 1. The van der Waals surface area contributed by atoms with Gasteiger partial charge in [-0.25, -0.2) is 0 Å². The first-order chi connectivity index (χ1) is 7.98. The molecule has 0 bridgehead atoms. The van der Waals surface area contributed by atoms with E-state index in [0.717, 1.165) is 21.8 Å². The van der Waals surface area contributed by atoms with Gasteiger partial charge in [-0.15, -0.1) is 0 Å². The molecule has 0 heterocycles. The van der Waals surface area contributed by atoms with E-state index in [1.165, 1.54) is 5.56 Å². The number of quaternary nitrogens is 1. The van der Waals surface area contributed by atoms with Crippen LogP contribution in [0.15, 0.2) is 6.07 Å².